The third kappa shape index (κ3) is 2.46. The Bertz CT molecular complexity index is 456. The van der Waals surface area contributed by atoms with Gasteiger partial charge in [0.05, 0.1) is 5.92 Å². The maximum absolute atomic E-state index is 11.6. The summed E-state index contributed by atoms with van der Waals surface area (Å²) in [5, 5.41) is 11.6. The van der Waals surface area contributed by atoms with Gasteiger partial charge in [-0.25, -0.2) is 0 Å². The van der Waals surface area contributed by atoms with E-state index in [4.69, 9.17) is 5.11 Å². The Hall–Kier alpha value is -1.84. The molecule has 0 unspecified atom stereocenters. The molecule has 1 aromatic rings. The van der Waals surface area contributed by atoms with Crippen LogP contribution in [0.3, 0.4) is 0 Å². The number of rotatable bonds is 4. The molecule has 4 heteroatoms. The second-order valence-corrected chi connectivity index (χ2v) is 4.27. The average Bonchev–Trinajstić information content (AvgIpc) is 3.09. The van der Waals surface area contributed by atoms with Gasteiger partial charge in [-0.1, -0.05) is 12.1 Å². The molecular formula is C13H15NO3. The molecule has 0 radical (unpaired) electrons. The molecule has 1 aliphatic carbocycles. The fraction of sp³-hybridized carbons (Fsp3) is 0.385. The van der Waals surface area contributed by atoms with Gasteiger partial charge in [0, 0.05) is 12.1 Å². The van der Waals surface area contributed by atoms with Gasteiger partial charge < -0.3 is 10.4 Å². The van der Waals surface area contributed by atoms with Crippen LogP contribution in [-0.2, 0) is 4.79 Å². The number of carboxylic acid groups (broad SMARTS) is 1. The van der Waals surface area contributed by atoms with E-state index in [9.17, 15) is 9.59 Å². The van der Waals surface area contributed by atoms with Crippen LogP contribution in [0.25, 0.3) is 0 Å². The molecule has 0 spiro atoms. The quantitative estimate of drug-likeness (QED) is 0.830. The van der Waals surface area contributed by atoms with Gasteiger partial charge in [-0.3, -0.25) is 9.59 Å². The van der Waals surface area contributed by atoms with Gasteiger partial charge in [-0.05, 0) is 37.0 Å². The predicted molar refractivity (Wildman–Crippen MR) is 62.9 cm³/mol. The van der Waals surface area contributed by atoms with E-state index in [1.54, 1.807) is 18.2 Å². The lowest BCUT2D eigenvalue weighted by atomic mass is 10.1. The first-order valence-corrected chi connectivity index (χ1v) is 5.74. The van der Waals surface area contributed by atoms with Crippen molar-refractivity contribution in [2.45, 2.75) is 19.3 Å². The van der Waals surface area contributed by atoms with Crippen LogP contribution in [0.4, 0.5) is 0 Å². The van der Waals surface area contributed by atoms with Crippen LogP contribution in [0.15, 0.2) is 24.3 Å². The lowest BCUT2D eigenvalue weighted by Gasteiger charge is -2.04. The van der Waals surface area contributed by atoms with Gasteiger partial charge in [0.25, 0.3) is 5.91 Å². The molecule has 2 atom stereocenters. The van der Waals surface area contributed by atoms with Gasteiger partial charge in [0.1, 0.15) is 0 Å². The summed E-state index contributed by atoms with van der Waals surface area (Å²) < 4.78 is 0. The highest BCUT2D eigenvalue weighted by molar-refractivity contribution is 5.94. The summed E-state index contributed by atoms with van der Waals surface area (Å²) in [4.78, 5) is 22.4. The Morgan fingerprint density at radius 1 is 1.47 bits per heavy atom. The lowest BCUT2D eigenvalue weighted by molar-refractivity contribution is -0.138. The molecule has 17 heavy (non-hydrogen) atoms. The molecular weight excluding hydrogens is 218 g/mol. The summed E-state index contributed by atoms with van der Waals surface area (Å²) >= 11 is 0. The number of aliphatic carboxylic acids is 1. The SMILES string of the molecule is CCNC(=O)c1cccc([C@@H]2C[C@H]2C(=O)O)c1. The summed E-state index contributed by atoms with van der Waals surface area (Å²) in [6, 6.07) is 7.22. The van der Waals surface area contributed by atoms with Crippen molar-refractivity contribution in [3.63, 3.8) is 0 Å². The Morgan fingerprint density at radius 2 is 2.24 bits per heavy atom. The Labute approximate surface area is 99.6 Å². The van der Waals surface area contributed by atoms with Crippen LogP contribution in [0.5, 0.6) is 0 Å². The number of amides is 1. The molecule has 90 valence electrons. The molecule has 0 saturated heterocycles. The molecule has 2 N–H and O–H groups in total. The second-order valence-electron chi connectivity index (χ2n) is 4.27. The molecule has 0 heterocycles. The van der Waals surface area contributed by atoms with E-state index in [1.807, 2.05) is 13.0 Å². The zero-order valence-electron chi connectivity index (χ0n) is 9.64. The molecule has 1 saturated carbocycles. The standard InChI is InChI=1S/C13H15NO3/c1-2-14-12(15)9-5-3-4-8(6-9)10-7-11(10)13(16)17/h3-6,10-11H,2,7H2,1H3,(H,14,15)(H,16,17)/t10-,11+/m0/s1. The number of carbonyl (C=O) groups is 2. The van der Waals surface area contributed by atoms with Crippen LogP contribution in [0.2, 0.25) is 0 Å². The minimum atomic E-state index is -0.751. The van der Waals surface area contributed by atoms with Gasteiger partial charge in [-0.15, -0.1) is 0 Å². The van der Waals surface area contributed by atoms with Crippen molar-refractivity contribution in [1.82, 2.24) is 5.32 Å². The highest BCUT2D eigenvalue weighted by Crippen LogP contribution is 2.47. The van der Waals surface area contributed by atoms with Crippen molar-refractivity contribution in [2.75, 3.05) is 6.54 Å². The maximum Gasteiger partial charge on any atom is 0.307 e. The number of hydrogen-bond acceptors (Lipinski definition) is 2. The molecule has 0 aliphatic heterocycles. The minimum absolute atomic E-state index is 0.0712. The predicted octanol–water partition coefficient (Wildman–Crippen LogP) is 1.62. The third-order valence-electron chi connectivity index (χ3n) is 3.02. The summed E-state index contributed by atoms with van der Waals surface area (Å²) in [5.41, 5.74) is 1.54. The highest BCUT2D eigenvalue weighted by atomic mass is 16.4. The first-order valence-electron chi connectivity index (χ1n) is 5.74. The molecule has 0 aromatic heterocycles. The lowest BCUT2D eigenvalue weighted by Crippen LogP contribution is -2.22. The molecule has 0 bridgehead atoms. The first kappa shape index (κ1) is 11.6. The zero-order valence-corrected chi connectivity index (χ0v) is 9.64. The molecule has 4 nitrogen and oxygen atoms in total. The highest BCUT2D eigenvalue weighted by Gasteiger charge is 2.44. The van der Waals surface area contributed by atoms with E-state index in [0.29, 0.717) is 18.5 Å². The number of nitrogens with one attached hydrogen (secondary N) is 1. The van der Waals surface area contributed by atoms with Gasteiger partial charge in [-0.2, -0.15) is 0 Å². The van der Waals surface area contributed by atoms with E-state index in [1.165, 1.54) is 0 Å². The van der Waals surface area contributed by atoms with Crippen molar-refractivity contribution in [3.8, 4) is 0 Å². The van der Waals surface area contributed by atoms with E-state index < -0.39 is 5.97 Å². The topological polar surface area (TPSA) is 66.4 Å². The maximum atomic E-state index is 11.6. The zero-order chi connectivity index (χ0) is 12.4. The van der Waals surface area contributed by atoms with Crippen molar-refractivity contribution >= 4 is 11.9 Å². The number of hydrogen-bond donors (Lipinski definition) is 2. The smallest absolute Gasteiger partial charge is 0.307 e. The summed E-state index contributed by atoms with van der Waals surface area (Å²) in [5.74, 6) is -1.07. The fourth-order valence-electron chi connectivity index (χ4n) is 2.01. The van der Waals surface area contributed by atoms with Gasteiger partial charge in [0.2, 0.25) is 0 Å². The molecule has 2 rings (SSSR count). The molecule has 1 fully saturated rings. The van der Waals surface area contributed by atoms with E-state index >= 15 is 0 Å². The van der Waals surface area contributed by atoms with Crippen molar-refractivity contribution < 1.29 is 14.7 Å². The van der Waals surface area contributed by atoms with Crippen LogP contribution >= 0.6 is 0 Å². The average molecular weight is 233 g/mol. The third-order valence-corrected chi connectivity index (χ3v) is 3.02. The second kappa shape index (κ2) is 4.57. The first-order chi connectivity index (χ1) is 8.13. The van der Waals surface area contributed by atoms with Crippen LogP contribution in [0.1, 0.15) is 35.2 Å². The van der Waals surface area contributed by atoms with Crippen molar-refractivity contribution in [1.29, 1.82) is 0 Å². The summed E-state index contributed by atoms with van der Waals surface area (Å²) in [6.45, 7) is 2.45. The molecule has 1 amide bonds. The largest absolute Gasteiger partial charge is 0.481 e. The van der Waals surface area contributed by atoms with Crippen LogP contribution < -0.4 is 5.32 Å². The monoisotopic (exact) mass is 233 g/mol. The molecule has 1 aromatic carbocycles. The van der Waals surface area contributed by atoms with Gasteiger partial charge in [0.15, 0.2) is 0 Å². The van der Waals surface area contributed by atoms with Gasteiger partial charge >= 0.3 is 5.97 Å². The van der Waals surface area contributed by atoms with E-state index in [-0.39, 0.29) is 17.7 Å². The van der Waals surface area contributed by atoms with Crippen molar-refractivity contribution in [3.05, 3.63) is 35.4 Å². The Morgan fingerprint density at radius 3 is 2.82 bits per heavy atom. The fourth-order valence-corrected chi connectivity index (χ4v) is 2.01. The Balaban J connectivity index is 2.13. The van der Waals surface area contributed by atoms with E-state index in [2.05, 4.69) is 5.32 Å². The summed E-state index contributed by atoms with van der Waals surface area (Å²) in [7, 11) is 0. The van der Waals surface area contributed by atoms with Crippen molar-refractivity contribution in [2.24, 2.45) is 5.92 Å². The Kier molecular flexibility index (Phi) is 3.13. The minimum Gasteiger partial charge on any atom is -0.481 e. The molecule has 1 aliphatic rings. The number of carboxylic acids is 1. The van der Waals surface area contributed by atoms with Crippen LogP contribution in [0, 0.1) is 5.92 Å². The van der Waals surface area contributed by atoms with Crippen LogP contribution in [-0.4, -0.2) is 23.5 Å². The summed E-state index contributed by atoms with van der Waals surface area (Å²) in [6.07, 6.45) is 0.675. The number of benzene rings is 1. The number of carbonyl (C=O) groups excluding carboxylic acids is 1. The van der Waals surface area contributed by atoms with E-state index in [0.717, 1.165) is 5.56 Å². The normalized spacial score (nSPS) is 21.9.